The van der Waals surface area contributed by atoms with E-state index in [4.69, 9.17) is 0 Å². The molecule has 2 atom stereocenters. The summed E-state index contributed by atoms with van der Waals surface area (Å²) in [5.41, 5.74) is 1.61. The van der Waals surface area contributed by atoms with Gasteiger partial charge in [0.2, 0.25) is 11.4 Å². The molecule has 0 bridgehead atoms. The van der Waals surface area contributed by atoms with Crippen molar-refractivity contribution in [1.82, 2.24) is 5.32 Å². The minimum atomic E-state index is -1.27. The number of nitrogens with zero attached hydrogens (tertiary/aromatic N) is 1. The fraction of sp³-hybridized carbons (Fsp3) is 0.320. The molecule has 0 aliphatic rings. The lowest BCUT2D eigenvalue weighted by Gasteiger charge is -2.27. The van der Waals surface area contributed by atoms with Gasteiger partial charge in [-0.15, -0.1) is 0 Å². The van der Waals surface area contributed by atoms with Crippen molar-refractivity contribution < 1.29 is 9.72 Å². The Labute approximate surface area is 177 Å². The number of nitrogens with one attached hydrogen (secondary N) is 1. The Morgan fingerprint density at radius 2 is 1.60 bits per heavy atom. The number of carbonyl (C=O) groups excluding carboxylic acids is 1. The summed E-state index contributed by atoms with van der Waals surface area (Å²) >= 11 is 0. The second-order valence-corrected chi connectivity index (χ2v) is 8.47. The van der Waals surface area contributed by atoms with Gasteiger partial charge in [0.05, 0.1) is 12.0 Å². The average molecular weight is 405 g/mol. The third kappa shape index (κ3) is 4.67. The van der Waals surface area contributed by atoms with Gasteiger partial charge in [-0.2, -0.15) is 0 Å². The molecule has 0 fully saturated rings. The number of amides is 1. The van der Waals surface area contributed by atoms with Crippen LogP contribution < -0.4 is 5.32 Å². The average Bonchev–Trinajstić information content (AvgIpc) is 2.72. The van der Waals surface area contributed by atoms with Crippen molar-refractivity contribution in [2.24, 2.45) is 0 Å². The lowest BCUT2D eigenvalue weighted by molar-refractivity contribution is -0.565. The molecule has 3 aromatic rings. The maximum absolute atomic E-state index is 12.9. The molecule has 1 unspecified atom stereocenters. The van der Waals surface area contributed by atoms with Crippen LogP contribution in [0.1, 0.15) is 55.8 Å². The molecule has 0 radical (unpaired) electrons. The van der Waals surface area contributed by atoms with Crippen molar-refractivity contribution >= 4 is 16.7 Å². The molecule has 1 N–H and O–H groups in total. The summed E-state index contributed by atoms with van der Waals surface area (Å²) in [6.07, 6.45) is 0.0506. The van der Waals surface area contributed by atoms with E-state index in [0.717, 1.165) is 27.5 Å². The third-order valence-corrected chi connectivity index (χ3v) is 5.84. The molecule has 1 amide bonds. The topological polar surface area (TPSA) is 72.2 Å². The van der Waals surface area contributed by atoms with Crippen molar-refractivity contribution in [3.05, 3.63) is 93.5 Å². The van der Waals surface area contributed by atoms with E-state index in [-0.39, 0.29) is 23.3 Å². The highest BCUT2D eigenvalue weighted by molar-refractivity contribution is 5.83. The molecule has 0 saturated heterocycles. The molecule has 3 aromatic carbocycles. The summed E-state index contributed by atoms with van der Waals surface area (Å²) in [7, 11) is 0. The van der Waals surface area contributed by atoms with Crippen LogP contribution >= 0.6 is 0 Å². The molecule has 0 aliphatic heterocycles. The number of fused-ring (bicyclic) bond motifs is 1. The Kier molecular flexibility index (Phi) is 6.20. The van der Waals surface area contributed by atoms with Crippen molar-refractivity contribution in [3.8, 4) is 0 Å². The molecule has 0 saturated carbocycles. The predicted octanol–water partition coefficient (Wildman–Crippen LogP) is 5.55. The van der Waals surface area contributed by atoms with E-state index >= 15 is 0 Å². The fourth-order valence-corrected chi connectivity index (χ4v) is 3.75. The minimum absolute atomic E-state index is 0.0506. The van der Waals surface area contributed by atoms with Crippen LogP contribution in [0.3, 0.4) is 0 Å². The number of aryl methyl sites for hydroxylation is 1. The third-order valence-electron chi connectivity index (χ3n) is 5.84. The second kappa shape index (κ2) is 8.66. The van der Waals surface area contributed by atoms with Gasteiger partial charge in [-0.05, 0) is 41.8 Å². The Hall–Kier alpha value is -3.21. The van der Waals surface area contributed by atoms with Gasteiger partial charge < -0.3 is 5.32 Å². The van der Waals surface area contributed by atoms with Crippen molar-refractivity contribution in [1.29, 1.82) is 0 Å². The number of nitro groups is 1. The normalized spacial score (nSPS) is 13.6. The second-order valence-electron chi connectivity index (χ2n) is 8.47. The molecule has 156 valence electrons. The lowest BCUT2D eigenvalue weighted by Crippen LogP contribution is -2.41. The highest BCUT2D eigenvalue weighted by Gasteiger charge is 2.43. The zero-order chi connectivity index (χ0) is 21.9. The first-order valence-electron chi connectivity index (χ1n) is 10.2. The van der Waals surface area contributed by atoms with Crippen LogP contribution in [-0.4, -0.2) is 16.4 Å². The van der Waals surface area contributed by atoms with Crippen LogP contribution in [-0.2, 0) is 4.79 Å². The molecule has 3 rings (SSSR count). The Bertz CT molecular complexity index is 1060. The van der Waals surface area contributed by atoms with Gasteiger partial charge in [-0.25, -0.2) is 0 Å². The largest absolute Gasteiger partial charge is 0.350 e. The van der Waals surface area contributed by atoms with Crippen molar-refractivity contribution in [3.63, 3.8) is 0 Å². The van der Waals surface area contributed by atoms with Gasteiger partial charge >= 0.3 is 0 Å². The van der Waals surface area contributed by atoms with Crippen LogP contribution in [0.2, 0.25) is 0 Å². The van der Waals surface area contributed by atoms with E-state index in [0.29, 0.717) is 0 Å². The smallest absolute Gasteiger partial charge is 0.224 e. The quantitative estimate of drug-likeness (QED) is 0.414. The monoisotopic (exact) mass is 404 g/mol. The minimum Gasteiger partial charge on any atom is -0.350 e. The first-order chi connectivity index (χ1) is 14.2. The number of hydrogen-bond donors (Lipinski definition) is 1. The predicted molar refractivity (Wildman–Crippen MR) is 120 cm³/mol. The Morgan fingerprint density at radius 3 is 2.23 bits per heavy atom. The number of hydrogen-bond acceptors (Lipinski definition) is 3. The highest BCUT2D eigenvalue weighted by Crippen LogP contribution is 2.34. The molecule has 0 aliphatic carbocycles. The fourth-order valence-electron chi connectivity index (χ4n) is 3.75. The lowest BCUT2D eigenvalue weighted by atomic mass is 9.79. The van der Waals surface area contributed by atoms with E-state index in [1.165, 1.54) is 0 Å². The van der Waals surface area contributed by atoms with E-state index in [1.807, 2.05) is 74.5 Å². The number of benzene rings is 3. The standard InChI is InChI=1S/C25H28N2O3/c1-17-9-11-20(12-10-17)23(25(3,4)27(29)30)16-24(28)26-18(2)21-14-13-19-7-5-6-8-22(19)15-21/h5-15,18,23H,16H2,1-4H3,(H,26,28)/t18-,23?/m0/s1. The van der Waals surface area contributed by atoms with Crippen molar-refractivity contribution in [2.45, 2.75) is 51.6 Å². The van der Waals surface area contributed by atoms with Gasteiger partial charge in [0.1, 0.15) is 0 Å². The zero-order valence-electron chi connectivity index (χ0n) is 17.9. The summed E-state index contributed by atoms with van der Waals surface area (Å²) in [6, 6.07) is 21.6. The molecular weight excluding hydrogens is 376 g/mol. The summed E-state index contributed by atoms with van der Waals surface area (Å²) in [6.45, 7) is 7.06. The number of rotatable bonds is 7. The molecule has 30 heavy (non-hydrogen) atoms. The summed E-state index contributed by atoms with van der Waals surface area (Å²) in [4.78, 5) is 24.3. The van der Waals surface area contributed by atoms with Gasteiger partial charge in [0, 0.05) is 25.2 Å². The van der Waals surface area contributed by atoms with E-state index in [2.05, 4.69) is 11.4 Å². The van der Waals surface area contributed by atoms with Gasteiger partial charge in [-0.1, -0.05) is 66.2 Å². The summed E-state index contributed by atoms with van der Waals surface area (Å²) in [5, 5.41) is 17.0. The summed E-state index contributed by atoms with van der Waals surface area (Å²) in [5.74, 6) is -0.729. The molecule has 0 aromatic heterocycles. The maximum Gasteiger partial charge on any atom is 0.224 e. The van der Waals surface area contributed by atoms with Crippen LogP contribution in [0.5, 0.6) is 0 Å². The first-order valence-corrected chi connectivity index (χ1v) is 10.2. The van der Waals surface area contributed by atoms with Crippen LogP contribution in [0.15, 0.2) is 66.7 Å². The van der Waals surface area contributed by atoms with Crippen LogP contribution in [0, 0.1) is 17.0 Å². The Balaban J connectivity index is 1.79. The SMILES string of the molecule is Cc1ccc(C(CC(=O)N[C@@H](C)c2ccc3ccccc3c2)C(C)(C)[N+](=O)[O-])cc1. The summed E-state index contributed by atoms with van der Waals surface area (Å²) < 4.78 is 0. The van der Waals surface area contributed by atoms with Gasteiger partial charge in [0.15, 0.2) is 0 Å². The van der Waals surface area contributed by atoms with Crippen LogP contribution in [0.4, 0.5) is 0 Å². The molecular formula is C25H28N2O3. The van der Waals surface area contributed by atoms with Crippen molar-refractivity contribution in [2.75, 3.05) is 0 Å². The van der Waals surface area contributed by atoms with Crippen LogP contribution in [0.25, 0.3) is 10.8 Å². The van der Waals surface area contributed by atoms with Gasteiger partial charge in [0.25, 0.3) is 0 Å². The van der Waals surface area contributed by atoms with Gasteiger partial charge in [-0.3, -0.25) is 14.9 Å². The Morgan fingerprint density at radius 1 is 1.00 bits per heavy atom. The molecule has 0 heterocycles. The maximum atomic E-state index is 12.9. The molecule has 5 nitrogen and oxygen atoms in total. The van der Waals surface area contributed by atoms with E-state index < -0.39 is 11.5 Å². The molecule has 0 spiro atoms. The first kappa shape index (κ1) is 21.5. The number of carbonyl (C=O) groups is 1. The van der Waals surface area contributed by atoms with E-state index in [1.54, 1.807) is 13.8 Å². The highest BCUT2D eigenvalue weighted by atomic mass is 16.6. The van der Waals surface area contributed by atoms with E-state index in [9.17, 15) is 14.9 Å². The molecule has 5 heteroatoms. The zero-order valence-corrected chi connectivity index (χ0v) is 17.9.